The largest absolute Gasteiger partial charge is 0.508 e. The lowest BCUT2D eigenvalue weighted by atomic mass is 10.0. The van der Waals surface area contributed by atoms with E-state index in [1.165, 1.54) is 12.1 Å². The standard InChI is InChI=1S/C16H16Cl2N2O3/c17-11-1-2-12(21)14(15(11)18)16(22)10-3-4-19-13(9-10)20-5-7-23-8-6-20/h1-4,9,16,21-22H,5-8H2. The number of hydrogen-bond donors (Lipinski definition) is 2. The van der Waals surface area contributed by atoms with Crippen LogP contribution in [-0.2, 0) is 4.74 Å². The van der Waals surface area contributed by atoms with Crippen LogP contribution in [0.3, 0.4) is 0 Å². The summed E-state index contributed by atoms with van der Waals surface area (Å²) in [6.07, 6.45) is 0.530. The molecule has 1 aliphatic heterocycles. The highest BCUT2D eigenvalue weighted by atomic mass is 35.5. The SMILES string of the molecule is Oc1ccc(Cl)c(Cl)c1C(O)c1ccnc(N2CCOCC2)c1. The number of aromatic nitrogens is 1. The van der Waals surface area contributed by atoms with E-state index in [0.29, 0.717) is 18.8 Å². The Morgan fingerprint density at radius 3 is 2.65 bits per heavy atom. The molecule has 3 rings (SSSR count). The molecule has 23 heavy (non-hydrogen) atoms. The fourth-order valence-corrected chi connectivity index (χ4v) is 2.98. The van der Waals surface area contributed by atoms with E-state index < -0.39 is 6.10 Å². The van der Waals surface area contributed by atoms with Gasteiger partial charge in [0.2, 0.25) is 0 Å². The second-order valence-corrected chi connectivity index (χ2v) is 6.03. The summed E-state index contributed by atoms with van der Waals surface area (Å²) in [7, 11) is 0. The van der Waals surface area contributed by atoms with E-state index >= 15 is 0 Å². The predicted molar refractivity (Wildman–Crippen MR) is 89.5 cm³/mol. The van der Waals surface area contributed by atoms with E-state index in [-0.39, 0.29) is 21.4 Å². The number of phenolic OH excluding ortho intramolecular Hbond substituents is 1. The lowest BCUT2D eigenvalue weighted by Gasteiger charge is -2.28. The van der Waals surface area contributed by atoms with Crippen molar-refractivity contribution in [2.45, 2.75) is 6.10 Å². The van der Waals surface area contributed by atoms with Crippen molar-refractivity contribution in [1.29, 1.82) is 0 Å². The molecule has 1 aliphatic rings. The number of nitrogens with zero attached hydrogens (tertiary/aromatic N) is 2. The fourth-order valence-electron chi connectivity index (χ4n) is 2.55. The zero-order valence-corrected chi connectivity index (χ0v) is 13.8. The Morgan fingerprint density at radius 1 is 1.17 bits per heavy atom. The molecule has 2 heterocycles. The van der Waals surface area contributed by atoms with Gasteiger partial charge in [0.15, 0.2) is 0 Å². The molecule has 1 atom stereocenters. The average Bonchev–Trinajstić information content (AvgIpc) is 2.59. The summed E-state index contributed by atoms with van der Waals surface area (Å²) in [5.74, 6) is 0.652. The normalized spacial score (nSPS) is 16.4. The third-order valence-electron chi connectivity index (χ3n) is 3.80. The molecule has 1 aromatic heterocycles. The van der Waals surface area contributed by atoms with Gasteiger partial charge in [0.05, 0.1) is 23.3 Å². The van der Waals surface area contributed by atoms with Crippen molar-refractivity contribution < 1.29 is 14.9 Å². The lowest BCUT2D eigenvalue weighted by Crippen LogP contribution is -2.36. The number of anilines is 1. The van der Waals surface area contributed by atoms with E-state index in [2.05, 4.69) is 9.88 Å². The van der Waals surface area contributed by atoms with E-state index in [9.17, 15) is 10.2 Å². The maximum absolute atomic E-state index is 10.6. The summed E-state index contributed by atoms with van der Waals surface area (Å²) < 4.78 is 5.33. The number of halogens is 2. The topological polar surface area (TPSA) is 65.8 Å². The molecule has 0 spiro atoms. The molecular weight excluding hydrogens is 339 g/mol. The summed E-state index contributed by atoms with van der Waals surface area (Å²) >= 11 is 12.1. The third kappa shape index (κ3) is 3.38. The zero-order chi connectivity index (χ0) is 16.4. The predicted octanol–water partition coefficient (Wildman–Crippen LogP) is 3.01. The van der Waals surface area contributed by atoms with Crippen LogP contribution in [0, 0.1) is 0 Å². The lowest BCUT2D eigenvalue weighted by molar-refractivity contribution is 0.122. The number of aliphatic hydroxyl groups is 1. The van der Waals surface area contributed by atoms with Crippen molar-refractivity contribution in [3.8, 4) is 5.75 Å². The number of hydrogen-bond acceptors (Lipinski definition) is 5. The van der Waals surface area contributed by atoms with Crippen LogP contribution in [0.2, 0.25) is 10.0 Å². The van der Waals surface area contributed by atoms with Gasteiger partial charge in [0.25, 0.3) is 0 Å². The minimum Gasteiger partial charge on any atom is -0.508 e. The Morgan fingerprint density at radius 2 is 1.91 bits per heavy atom. The first-order valence-electron chi connectivity index (χ1n) is 7.21. The van der Waals surface area contributed by atoms with Crippen LogP contribution < -0.4 is 4.90 Å². The number of morpholine rings is 1. The van der Waals surface area contributed by atoms with Crippen molar-refractivity contribution in [3.05, 3.63) is 51.6 Å². The van der Waals surface area contributed by atoms with Crippen LogP contribution in [0.5, 0.6) is 5.75 Å². The Labute approximate surface area is 144 Å². The Balaban J connectivity index is 1.94. The van der Waals surface area contributed by atoms with E-state index in [0.717, 1.165) is 18.9 Å². The summed E-state index contributed by atoms with van der Waals surface area (Å²) in [5.41, 5.74) is 0.777. The molecular formula is C16H16Cl2N2O3. The van der Waals surface area contributed by atoms with Crippen LogP contribution in [-0.4, -0.2) is 41.5 Å². The Hall–Kier alpha value is -1.53. The van der Waals surface area contributed by atoms with Crippen molar-refractivity contribution in [1.82, 2.24) is 4.98 Å². The second kappa shape index (κ2) is 6.93. The summed E-state index contributed by atoms with van der Waals surface area (Å²) in [4.78, 5) is 6.42. The highest BCUT2D eigenvalue weighted by Crippen LogP contribution is 2.39. The minimum atomic E-state index is -1.09. The molecule has 0 amide bonds. The van der Waals surface area contributed by atoms with Crippen LogP contribution >= 0.6 is 23.2 Å². The van der Waals surface area contributed by atoms with Gasteiger partial charge >= 0.3 is 0 Å². The number of pyridine rings is 1. The third-order valence-corrected chi connectivity index (χ3v) is 4.62. The average molecular weight is 355 g/mol. The minimum absolute atomic E-state index is 0.100. The van der Waals surface area contributed by atoms with Gasteiger partial charge in [-0.05, 0) is 29.8 Å². The van der Waals surface area contributed by atoms with Gasteiger partial charge in [-0.25, -0.2) is 4.98 Å². The van der Waals surface area contributed by atoms with E-state index in [1.807, 2.05) is 0 Å². The van der Waals surface area contributed by atoms with Crippen molar-refractivity contribution >= 4 is 29.0 Å². The van der Waals surface area contributed by atoms with Gasteiger partial charge in [-0.15, -0.1) is 0 Å². The molecule has 0 saturated carbocycles. The number of rotatable bonds is 3. The number of phenols is 1. The number of ether oxygens (including phenoxy) is 1. The fraction of sp³-hybridized carbons (Fsp3) is 0.312. The summed E-state index contributed by atoms with van der Waals surface area (Å²) in [6.45, 7) is 2.79. The van der Waals surface area contributed by atoms with Crippen LogP contribution in [0.15, 0.2) is 30.5 Å². The number of aliphatic hydroxyl groups excluding tert-OH is 1. The maximum Gasteiger partial charge on any atom is 0.129 e. The molecule has 1 aromatic carbocycles. The van der Waals surface area contributed by atoms with Gasteiger partial charge < -0.3 is 19.8 Å². The molecule has 2 aromatic rings. The number of benzene rings is 1. The van der Waals surface area contributed by atoms with Crippen molar-refractivity contribution in [2.24, 2.45) is 0 Å². The maximum atomic E-state index is 10.6. The second-order valence-electron chi connectivity index (χ2n) is 5.24. The van der Waals surface area contributed by atoms with Gasteiger partial charge in [-0.3, -0.25) is 0 Å². The highest BCUT2D eigenvalue weighted by Gasteiger charge is 2.22. The van der Waals surface area contributed by atoms with E-state index in [1.54, 1.807) is 18.3 Å². The van der Waals surface area contributed by atoms with Gasteiger partial charge in [0.1, 0.15) is 17.7 Å². The smallest absolute Gasteiger partial charge is 0.129 e. The summed E-state index contributed by atoms with van der Waals surface area (Å²) in [5, 5.41) is 21.1. The quantitative estimate of drug-likeness (QED) is 0.886. The molecule has 7 heteroatoms. The summed E-state index contributed by atoms with van der Waals surface area (Å²) in [6, 6.07) is 6.37. The molecule has 122 valence electrons. The Bertz CT molecular complexity index is 706. The van der Waals surface area contributed by atoms with Gasteiger partial charge in [0, 0.05) is 24.8 Å². The molecule has 1 fully saturated rings. The van der Waals surface area contributed by atoms with Crippen molar-refractivity contribution in [3.63, 3.8) is 0 Å². The van der Waals surface area contributed by atoms with E-state index in [4.69, 9.17) is 27.9 Å². The first-order valence-corrected chi connectivity index (χ1v) is 7.97. The molecule has 1 unspecified atom stereocenters. The van der Waals surface area contributed by atoms with Crippen LogP contribution in [0.4, 0.5) is 5.82 Å². The molecule has 2 N–H and O–H groups in total. The van der Waals surface area contributed by atoms with Gasteiger partial charge in [-0.2, -0.15) is 0 Å². The van der Waals surface area contributed by atoms with Crippen molar-refractivity contribution in [2.75, 3.05) is 31.2 Å². The zero-order valence-electron chi connectivity index (χ0n) is 12.2. The van der Waals surface area contributed by atoms with Gasteiger partial charge in [-0.1, -0.05) is 23.2 Å². The molecule has 0 radical (unpaired) electrons. The monoisotopic (exact) mass is 354 g/mol. The van der Waals surface area contributed by atoms with Crippen LogP contribution in [0.25, 0.3) is 0 Å². The Kier molecular flexibility index (Phi) is 4.92. The number of aromatic hydroxyl groups is 1. The molecule has 5 nitrogen and oxygen atoms in total. The molecule has 0 bridgehead atoms. The first-order chi connectivity index (χ1) is 11.1. The van der Waals surface area contributed by atoms with Crippen LogP contribution in [0.1, 0.15) is 17.2 Å². The first kappa shape index (κ1) is 16.3. The molecule has 1 saturated heterocycles. The molecule has 0 aliphatic carbocycles. The highest BCUT2D eigenvalue weighted by molar-refractivity contribution is 6.42.